The molecular weight excluding hydrogens is 317 g/mol. The van der Waals surface area contributed by atoms with E-state index in [9.17, 15) is 9.18 Å². The summed E-state index contributed by atoms with van der Waals surface area (Å²) in [7, 11) is 0. The standard InChI is InChI=1S/C18H19ClFNO2/c1-4-17(23-14-7-5-11(2)12(3)9-14)18(22)21-13-6-8-16(20)15(19)10-13/h5-10,17H,4H2,1-3H3,(H,21,22)/t17-/m1/s1. The van der Waals surface area contributed by atoms with E-state index in [-0.39, 0.29) is 10.9 Å². The highest BCUT2D eigenvalue weighted by Gasteiger charge is 2.19. The Morgan fingerprint density at radius 3 is 2.57 bits per heavy atom. The van der Waals surface area contributed by atoms with Gasteiger partial charge in [0.05, 0.1) is 5.02 Å². The van der Waals surface area contributed by atoms with Crippen LogP contribution < -0.4 is 10.1 Å². The topological polar surface area (TPSA) is 38.3 Å². The Kier molecular flexibility index (Phi) is 5.61. The maximum atomic E-state index is 13.1. The van der Waals surface area contributed by atoms with Crippen molar-refractivity contribution in [2.45, 2.75) is 33.3 Å². The number of carbonyl (C=O) groups is 1. The summed E-state index contributed by atoms with van der Waals surface area (Å²) >= 11 is 5.72. The van der Waals surface area contributed by atoms with Crippen molar-refractivity contribution >= 4 is 23.2 Å². The van der Waals surface area contributed by atoms with Gasteiger partial charge in [-0.2, -0.15) is 0 Å². The number of hydrogen-bond donors (Lipinski definition) is 1. The van der Waals surface area contributed by atoms with Gasteiger partial charge in [0, 0.05) is 5.69 Å². The summed E-state index contributed by atoms with van der Waals surface area (Å²) in [4.78, 5) is 12.3. The lowest BCUT2D eigenvalue weighted by Crippen LogP contribution is -2.32. The number of carbonyl (C=O) groups excluding carboxylic acids is 1. The van der Waals surface area contributed by atoms with Crippen molar-refractivity contribution in [2.24, 2.45) is 0 Å². The van der Waals surface area contributed by atoms with Gasteiger partial charge < -0.3 is 10.1 Å². The minimum absolute atomic E-state index is 0.0362. The van der Waals surface area contributed by atoms with Gasteiger partial charge in [-0.15, -0.1) is 0 Å². The average molecular weight is 336 g/mol. The molecule has 0 aliphatic heterocycles. The van der Waals surface area contributed by atoms with Crippen molar-refractivity contribution < 1.29 is 13.9 Å². The van der Waals surface area contributed by atoms with Gasteiger partial charge in [-0.1, -0.05) is 24.6 Å². The first kappa shape index (κ1) is 17.3. The maximum absolute atomic E-state index is 13.1. The summed E-state index contributed by atoms with van der Waals surface area (Å²) in [6.45, 7) is 5.87. The molecule has 0 saturated heterocycles. The fourth-order valence-corrected chi connectivity index (χ4v) is 2.25. The van der Waals surface area contributed by atoms with Gasteiger partial charge in [-0.25, -0.2) is 4.39 Å². The molecule has 0 saturated carbocycles. The van der Waals surface area contributed by atoms with Gasteiger partial charge in [-0.05, 0) is 61.7 Å². The van der Waals surface area contributed by atoms with Crippen molar-refractivity contribution in [3.8, 4) is 5.75 Å². The highest BCUT2D eigenvalue weighted by Crippen LogP contribution is 2.21. The summed E-state index contributed by atoms with van der Waals surface area (Å²) in [6, 6.07) is 9.74. The zero-order chi connectivity index (χ0) is 17.0. The SMILES string of the molecule is CC[C@@H](Oc1ccc(C)c(C)c1)C(=O)Nc1ccc(F)c(Cl)c1. The predicted octanol–water partition coefficient (Wildman–Crippen LogP) is 4.89. The molecule has 0 heterocycles. The van der Waals surface area contributed by atoms with E-state index in [4.69, 9.17) is 16.3 Å². The average Bonchev–Trinajstić information content (AvgIpc) is 2.52. The number of anilines is 1. The molecule has 5 heteroatoms. The van der Waals surface area contributed by atoms with Crippen molar-refractivity contribution in [3.05, 3.63) is 58.4 Å². The molecule has 2 rings (SSSR count). The second kappa shape index (κ2) is 7.47. The van der Waals surface area contributed by atoms with Crippen LogP contribution in [0.2, 0.25) is 5.02 Å². The number of nitrogens with one attached hydrogen (secondary N) is 1. The van der Waals surface area contributed by atoms with Crippen molar-refractivity contribution in [1.82, 2.24) is 0 Å². The molecule has 0 spiro atoms. The molecule has 0 bridgehead atoms. The molecule has 23 heavy (non-hydrogen) atoms. The molecule has 1 N–H and O–H groups in total. The normalized spacial score (nSPS) is 11.9. The molecule has 0 radical (unpaired) electrons. The molecule has 0 fully saturated rings. The number of rotatable bonds is 5. The zero-order valence-corrected chi connectivity index (χ0v) is 14.1. The van der Waals surface area contributed by atoms with E-state index < -0.39 is 11.9 Å². The Balaban J connectivity index is 2.08. The summed E-state index contributed by atoms with van der Waals surface area (Å²) in [5.74, 6) is -0.177. The fraction of sp³-hybridized carbons (Fsp3) is 0.278. The van der Waals surface area contributed by atoms with E-state index in [1.807, 2.05) is 39.0 Å². The summed E-state index contributed by atoms with van der Waals surface area (Å²) in [5, 5.41) is 2.66. The Hall–Kier alpha value is -2.07. The molecule has 2 aromatic rings. The Morgan fingerprint density at radius 2 is 1.96 bits per heavy atom. The summed E-state index contributed by atoms with van der Waals surface area (Å²) in [5.41, 5.74) is 2.70. The molecule has 1 amide bonds. The Morgan fingerprint density at radius 1 is 1.22 bits per heavy atom. The van der Waals surface area contributed by atoms with Crippen LogP contribution in [-0.2, 0) is 4.79 Å². The van der Waals surface area contributed by atoms with Gasteiger partial charge in [0.25, 0.3) is 5.91 Å². The van der Waals surface area contributed by atoms with Crippen LogP contribution in [0.25, 0.3) is 0 Å². The number of benzene rings is 2. The molecule has 122 valence electrons. The second-order valence-corrected chi connectivity index (χ2v) is 5.79. The number of ether oxygens (including phenoxy) is 1. The van der Waals surface area contributed by atoms with Gasteiger partial charge in [0.15, 0.2) is 6.10 Å². The van der Waals surface area contributed by atoms with E-state index in [1.54, 1.807) is 0 Å². The van der Waals surface area contributed by atoms with Crippen molar-refractivity contribution in [2.75, 3.05) is 5.32 Å². The molecule has 2 aromatic carbocycles. The van der Waals surface area contributed by atoms with Gasteiger partial charge in [0.1, 0.15) is 11.6 Å². The molecule has 0 aliphatic rings. The van der Waals surface area contributed by atoms with Gasteiger partial charge in [0.2, 0.25) is 0 Å². The van der Waals surface area contributed by atoms with Crippen LogP contribution in [0.3, 0.4) is 0 Å². The third-order valence-electron chi connectivity index (χ3n) is 3.61. The lowest BCUT2D eigenvalue weighted by atomic mass is 10.1. The summed E-state index contributed by atoms with van der Waals surface area (Å²) in [6.07, 6.45) is -0.130. The number of amides is 1. The van der Waals surface area contributed by atoms with E-state index >= 15 is 0 Å². The third kappa shape index (κ3) is 4.45. The molecule has 0 aliphatic carbocycles. The van der Waals surface area contributed by atoms with Crippen LogP contribution in [0.15, 0.2) is 36.4 Å². The smallest absolute Gasteiger partial charge is 0.265 e. The Labute approximate surface area is 140 Å². The maximum Gasteiger partial charge on any atom is 0.265 e. The minimum atomic E-state index is -0.638. The van der Waals surface area contributed by atoms with E-state index in [1.165, 1.54) is 18.2 Å². The number of halogens is 2. The molecule has 3 nitrogen and oxygen atoms in total. The molecule has 0 aromatic heterocycles. The van der Waals surface area contributed by atoms with Crippen molar-refractivity contribution in [3.63, 3.8) is 0 Å². The van der Waals surface area contributed by atoms with E-state index in [0.717, 1.165) is 11.1 Å². The highest BCUT2D eigenvalue weighted by molar-refractivity contribution is 6.31. The lowest BCUT2D eigenvalue weighted by molar-refractivity contribution is -0.122. The highest BCUT2D eigenvalue weighted by atomic mass is 35.5. The zero-order valence-electron chi connectivity index (χ0n) is 13.3. The van der Waals surface area contributed by atoms with Gasteiger partial charge in [-0.3, -0.25) is 4.79 Å². The first-order chi connectivity index (χ1) is 10.9. The minimum Gasteiger partial charge on any atom is -0.481 e. The third-order valence-corrected chi connectivity index (χ3v) is 3.90. The number of hydrogen-bond acceptors (Lipinski definition) is 2. The fourth-order valence-electron chi connectivity index (χ4n) is 2.07. The predicted molar refractivity (Wildman–Crippen MR) is 90.7 cm³/mol. The van der Waals surface area contributed by atoms with Gasteiger partial charge >= 0.3 is 0 Å². The largest absolute Gasteiger partial charge is 0.481 e. The first-order valence-corrected chi connectivity index (χ1v) is 7.78. The molecular formula is C18H19ClFNO2. The van der Waals surface area contributed by atoms with E-state index in [0.29, 0.717) is 17.9 Å². The molecule has 1 atom stereocenters. The monoisotopic (exact) mass is 335 g/mol. The lowest BCUT2D eigenvalue weighted by Gasteiger charge is -2.18. The van der Waals surface area contributed by atoms with Crippen LogP contribution in [0, 0.1) is 19.7 Å². The molecule has 0 unspecified atom stereocenters. The second-order valence-electron chi connectivity index (χ2n) is 5.38. The first-order valence-electron chi connectivity index (χ1n) is 7.40. The van der Waals surface area contributed by atoms with Crippen LogP contribution >= 0.6 is 11.6 Å². The van der Waals surface area contributed by atoms with Crippen LogP contribution in [-0.4, -0.2) is 12.0 Å². The van der Waals surface area contributed by atoms with E-state index in [2.05, 4.69) is 5.32 Å². The van der Waals surface area contributed by atoms with Crippen LogP contribution in [0.5, 0.6) is 5.75 Å². The quantitative estimate of drug-likeness (QED) is 0.844. The number of aryl methyl sites for hydroxylation is 2. The van der Waals surface area contributed by atoms with Crippen LogP contribution in [0.1, 0.15) is 24.5 Å². The van der Waals surface area contributed by atoms with Crippen LogP contribution in [0.4, 0.5) is 10.1 Å². The van der Waals surface area contributed by atoms with Crippen molar-refractivity contribution in [1.29, 1.82) is 0 Å². The summed E-state index contributed by atoms with van der Waals surface area (Å²) < 4.78 is 18.9. The Bertz CT molecular complexity index is 718.